The van der Waals surface area contributed by atoms with E-state index in [2.05, 4.69) is 5.32 Å². The smallest absolute Gasteiger partial charge is 0.416 e. The average molecular weight is 594 g/mol. The Morgan fingerprint density at radius 1 is 0.927 bits per heavy atom. The number of alkyl halides is 3. The number of benzene rings is 2. The minimum Gasteiger partial charge on any atom is -0.493 e. The first kappa shape index (κ1) is 31.8. The molecule has 8 nitrogen and oxygen atoms in total. The molecule has 41 heavy (non-hydrogen) atoms. The maximum atomic E-state index is 13.6. The number of anilines is 1. The molecule has 1 heterocycles. The monoisotopic (exact) mass is 593 g/mol. The van der Waals surface area contributed by atoms with Crippen molar-refractivity contribution >= 4 is 29.0 Å². The lowest BCUT2D eigenvalue weighted by molar-refractivity contribution is -0.137. The number of carbonyl (C=O) groups is 2. The number of halogens is 3. The van der Waals surface area contributed by atoms with E-state index in [9.17, 15) is 22.8 Å². The van der Waals surface area contributed by atoms with Crippen molar-refractivity contribution in [2.24, 2.45) is 0 Å². The topological polar surface area (TPSA) is 80.3 Å². The van der Waals surface area contributed by atoms with Crippen LogP contribution in [-0.2, 0) is 28.7 Å². The number of methoxy groups -OCH3 is 3. The summed E-state index contributed by atoms with van der Waals surface area (Å²) in [5, 5.41) is 4.53. The summed E-state index contributed by atoms with van der Waals surface area (Å²) in [6.07, 6.45) is -3.47. The second-order valence-corrected chi connectivity index (χ2v) is 10.1. The zero-order chi connectivity index (χ0) is 29.8. The first-order chi connectivity index (χ1) is 19.6. The minimum absolute atomic E-state index is 0.191. The van der Waals surface area contributed by atoms with E-state index in [-0.39, 0.29) is 24.7 Å². The van der Waals surface area contributed by atoms with Gasteiger partial charge >= 0.3 is 12.2 Å². The van der Waals surface area contributed by atoms with Gasteiger partial charge in [0.2, 0.25) is 5.91 Å². The Hall–Kier alpha value is -3.77. The fourth-order valence-electron chi connectivity index (χ4n) is 4.04. The van der Waals surface area contributed by atoms with Crippen LogP contribution in [0.3, 0.4) is 0 Å². The van der Waals surface area contributed by atoms with Gasteiger partial charge in [-0.1, -0.05) is 12.1 Å². The zero-order valence-corrected chi connectivity index (χ0v) is 24.0. The summed E-state index contributed by atoms with van der Waals surface area (Å²) in [5.74, 6) is 0.928. The number of hydrogen-bond acceptors (Lipinski definition) is 6. The maximum absolute atomic E-state index is 13.6. The third kappa shape index (κ3) is 9.68. The molecule has 0 aliphatic carbocycles. The van der Waals surface area contributed by atoms with E-state index in [1.165, 1.54) is 35.5 Å². The summed E-state index contributed by atoms with van der Waals surface area (Å²) < 4.78 is 54.6. The molecule has 0 bridgehead atoms. The molecule has 0 saturated carbocycles. The van der Waals surface area contributed by atoms with Crippen LogP contribution < -0.4 is 14.8 Å². The van der Waals surface area contributed by atoms with Gasteiger partial charge in [0.25, 0.3) is 0 Å². The van der Waals surface area contributed by atoms with E-state index in [1.54, 1.807) is 19.1 Å². The van der Waals surface area contributed by atoms with Crippen molar-refractivity contribution in [2.45, 2.75) is 25.6 Å². The summed E-state index contributed by atoms with van der Waals surface area (Å²) in [4.78, 5) is 30.7. The van der Waals surface area contributed by atoms with E-state index in [0.717, 1.165) is 22.6 Å². The Morgan fingerprint density at radius 2 is 1.66 bits per heavy atom. The molecule has 1 N–H and O–H groups in total. The maximum Gasteiger partial charge on any atom is 0.416 e. The number of rotatable bonds is 14. The Morgan fingerprint density at radius 3 is 2.27 bits per heavy atom. The molecule has 1 aromatic heterocycles. The largest absolute Gasteiger partial charge is 0.493 e. The Labute approximate surface area is 241 Å². The highest BCUT2D eigenvalue weighted by molar-refractivity contribution is 7.09. The van der Waals surface area contributed by atoms with Crippen molar-refractivity contribution in [3.8, 4) is 11.5 Å². The van der Waals surface area contributed by atoms with Crippen LogP contribution >= 0.6 is 11.3 Å². The summed E-state index contributed by atoms with van der Waals surface area (Å²) in [6.45, 7) is 1.13. The molecule has 12 heteroatoms. The molecule has 3 aromatic rings. The molecular weight excluding hydrogens is 559 g/mol. The summed E-state index contributed by atoms with van der Waals surface area (Å²) in [7, 11) is 4.65. The molecule has 0 aliphatic heterocycles. The van der Waals surface area contributed by atoms with Gasteiger partial charge in [-0.15, -0.1) is 11.3 Å². The number of urea groups is 1. The molecule has 0 fully saturated rings. The highest BCUT2D eigenvalue weighted by Crippen LogP contribution is 2.30. The van der Waals surface area contributed by atoms with E-state index in [0.29, 0.717) is 44.0 Å². The summed E-state index contributed by atoms with van der Waals surface area (Å²) in [5.41, 5.74) is 0.320. The number of nitrogens with zero attached hydrogens (tertiary/aromatic N) is 2. The molecule has 3 amide bonds. The molecule has 0 atom stereocenters. The summed E-state index contributed by atoms with van der Waals surface area (Å²) >= 11 is 1.53. The summed E-state index contributed by atoms with van der Waals surface area (Å²) in [6, 6.07) is 13.0. The Kier molecular flexibility index (Phi) is 11.8. The number of thiophene rings is 1. The van der Waals surface area contributed by atoms with Gasteiger partial charge in [-0.2, -0.15) is 13.2 Å². The van der Waals surface area contributed by atoms with Gasteiger partial charge in [-0.05, 0) is 66.2 Å². The fraction of sp³-hybridized carbons (Fsp3) is 0.379. The first-order valence-electron chi connectivity index (χ1n) is 12.9. The van der Waals surface area contributed by atoms with Crippen LogP contribution in [0.25, 0.3) is 0 Å². The van der Waals surface area contributed by atoms with Crippen LogP contribution in [0.5, 0.6) is 11.5 Å². The van der Waals surface area contributed by atoms with Crippen LogP contribution in [-0.4, -0.2) is 69.3 Å². The molecule has 0 unspecified atom stereocenters. The van der Waals surface area contributed by atoms with Crippen LogP contribution in [0.1, 0.15) is 22.4 Å². The van der Waals surface area contributed by atoms with Gasteiger partial charge in [0, 0.05) is 37.4 Å². The van der Waals surface area contributed by atoms with Crippen LogP contribution in [0.4, 0.5) is 23.7 Å². The van der Waals surface area contributed by atoms with Crippen molar-refractivity contribution in [3.63, 3.8) is 0 Å². The first-order valence-corrected chi connectivity index (χ1v) is 13.8. The molecule has 2 aromatic carbocycles. The van der Waals surface area contributed by atoms with Gasteiger partial charge in [-0.25, -0.2) is 4.79 Å². The molecule has 0 aliphatic rings. The second kappa shape index (κ2) is 15.3. The number of hydrogen-bond donors (Lipinski definition) is 1. The van der Waals surface area contributed by atoms with Crippen molar-refractivity contribution < 1.29 is 37.0 Å². The minimum atomic E-state index is -4.48. The van der Waals surface area contributed by atoms with E-state index in [4.69, 9.17) is 14.2 Å². The lowest BCUT2D eigenvalue weighted by Gasteiger charge is -2.28. The van der Waals surface area contributed by atoms with Crippen LogP contribution in [0, 0.1) is 0 Å². The normalized spacial score (nSPS) is 11.2. The third-order valence-electron chi connectivity index (χ3n) is 6.25. The van der Waals surface area contributed by atoms with Crippen LogP contribution in [0.2, 0.25) is 0 Å². The van der Waals surface area contributed by atoms with Crippen molar-refractivity contribution in [2.75, 3.05) is 52.9 Å². The van der Waals surface area contributed by atoms with E-state index < -0.39 is 17.8 Å². The Bertz CT molecular complexity index is 1250. The standard InChI is InChI=1S/C29H34F3N3O5S/c1-38-16-5-14-35(28(37)33-23-10-8-22(9-11-23)29(30,31)32)20-27(36)34(19-24-6-4-17-41-24)15-13-21-7-12-25(39-2)26(18-21)40-3/h4,6-12,17-18H,5,13-16,19-20H2,1-3H3,(H,33,37). The Balaban J connectivity index is 1.74. The van der Waals surface area contributed by atoms with Gasteiger partial charge in [0.05, 0.1) is 26.3 Å². The van der Waals surface area contributed by atoms with Crippen molar-refractivity contribution in [1.82, 2.24) is 9.80 Å². The number of carbonyl (C=O) groups excluding carboxylic acids is 2. The van der Waals surface area contributed by atoms with Crippen molar-refractivity contribution in [1.29, 1.82) is 0 Å². The third-order valence-corrected chi connectivity index (χ3v) is 7.11. The van der Waals surface area contributed by atoms with Gasteiger partial charge in [0.15, 0.2) is 11.5 Å². The fourth-order valence-corrected chi connectivity index (χ4v) is 4.76. The predicted octanol–water partition coefficient (Wildman–Crippen LogP) is 5.93. The second-order valence-electron chi connectivity index (χ2n) is 9.11. The molecule has 0 radical (unpaired) electrons. The zero-order valence-electron chi connectivity index (χ0n) is 23.2. The highest BCUT2D eigenvalue weighted by Gasteiger charge is 2.30. The lowest BCUT2D eigenvalue weighted by Crippen LogP contribution is -2.45. The SMILES string of the molecule is COCCCN(CC(=O)N(CCc1ccc(OC)c(OC)c1)Cc1cccs1)C(=O)Nc1ccc(C(F)(F)F)cc1. The molecule has 3 rings (SSSR count). The van der Waals surface area contributed by atoms with Gasteiger partial charge in [0.1, 0.15) is 6.54 Å². The van der Waals surface area contributed by atoms with E-state index in [1.807, 2.05) is 35.7 Å². The number of amides is 3. The molecule has 222 valence electrons. The van der Waals surface area contributed by atoms with Crippen molar-refractivity contribution in [3.05, 3.63) is 76.0 Å². The number of ether oxygens (including phenoxy) is 3. The highest BCUT2D eigenvalue weighted by atomic mass is 32.1. The molecule has 0 spiro atoms. The van der Waals surface area contributed by atoms with Gasteiger partial charge < -0.3 is 29.3 Å². The molecular formula is C29H34F3N3O5S. The quantitative estimate of drug-likeness (QED) is 0.235. The predicted molar refractivity (Wildman–Crippen MR) is 152 cm³/mol. The lowest BCUT2D eigenvalue weighted by atomic mass is 10.1. The van der Waals surface area contributed by atoms with Crippen LogP contribution in [0.15, 0.2) is 60.0 Å². The average Bonchev–Trinajstić information content (AvgIpc) is 3.47. The number of nitrogens with one attached hydrogen (secondary N) is 1. The van der Waals surface area contributed by atoms with Gasteiger partial charge in [-0.3, -0.25) is 4.79 Å². The van der Waals surface area contributed by atoms with E-state index >= 15 is 0 Å². The molecule has 0 saturated heterocycles.